The Hall–Kier alpha value is 1.16. The summed E-state index contributed by atoms with van der Waals surface area (Å²) in [5.41, 5.74) is 0.843. The molecule has 1 rings (SSSR count). The summed E-state index contributed by atoms with van der Waals surface area (Å²) in [6, 6.07) is 0. The van der Waals surface area contributed by atoms with Crippen LogP contribution in [-0.4, -0.2) is 8.80 Å². The van der Waals surface area contributed by atoms with Crippen molar-refractivity contribution in [2.75, 3.05) is 0 Å². The van der Waals surface area contributed by atoms with Gasteiger partial charge in [0.25, 0.3) is 0 Å². The van der Waals surface area contributed by atoms with Gasteiger partial charge >= 0.3 is 26.2 Å². The van der Waals surface area contributed by atoms with E-state index in [0.717, 1.165) is 5.54 Å². The molecule has 1 aliphatic rings. The summed E-state index contributed by atoms with van der Waals surface area (Å²) in [6.07, 6.45) is 8.91. The summed E-state index contributed by atoms with van der Waals surface area (Å²) in [7, 11) is -0.397. The largest absolute Gasteiger partial charge is 2.00 e. The van der Waals surface area contributed by atoms with Crippen LogP contribution in [-0.2, 0) is 26.2 Å². The molecule has 0 amide bonds. The van der Waals surface area contributed by atoms with E-state index in [-0.39, 0.29) is 51.0 Å². The second-order valence-electron chi connectivity index (χ2n) is 2.59. The first-order valence-electron chi connectivity index (χ1n) is 3.15. The molecular weight excluding hydrogens is 274 g/mol. The van der Waals surface area contributed by atoms with Crippen molar-refractivity contribution in [3.05, 3.63) is 24.3 Å². The summed E-state index contributed by atoms with van der Waals surface area (Å²) in [4.78, 5) is 0. The summed E-state index contributed by atoms with van der Waals surface area (Å²) in [5.74, 6) is 0. The van der Waals surface area contributed by atoms with E-state index in [1.54, 1.807) is 0 Å². The van der Waals surface area contributed by atoms with E-state index in [1.807, 2.05) is 0 Å². The van der Waals surface area contributed by atoms with Gasteiger partial charge in [-0.1, -0.05) is 37.4 Å². The molecule has 0 aliphatic heterocycles. The molecule has 0 fully saturated rings. The SMILES string of the molecule is C[SiH](C)C1C=CC=C1.[Cl-].[Cl-].[Zr+2]. The Kier molecular flexibility index (Phi) is 15.2. The van der Waals surface area contributed by atoms with E-state index < -0.39 is 8.80 Å². The van der Waals surface area contributed by atoms with E-state index in [0.29, 0.717) is 0 Å². The van der Waals surface area contributed by atoms with Crippen LogP contribution in [0.15, 0.2) is 24.3 Å². The minimum absolute atomic E-state index is 0. The van der Waals surface area contributed by atoms with Gasteiger partial charge in [0.15, 0.2) is 0 Å². The maximum absolute atomic E-state index is 2.38. The Bertz CT molecular complexity index is 122. The fraction of sp³-hybridized carbons (Fsp3) is 0.429. The second kappa shape index (κ2) is 9.25. The molecule has 1 aliphatic carbocycles. The molecule has 0 aromatic rings. The van der Waals surface area contributed by atoms with Crippen LogP contribution in [0.1, 0.15) is 0 Å². The first kappa shape index (κ1) is 18.0. The van der Waals surface area contributed by atoms with Crippen molar-refractivity contribution in [3.63, 3.8) is 0 Å². The Balaban J connectivity index is -0.000000213. The van der Waals surface area contributed by atoms with E-state index in [1.165, 1.54) is 0 Å². The Morgan fingerprint density at radius 2 is 1.36 bits per heavy atom. The zero-order valence-electron chi connectivity index (χ0n) is 6.72. The van der Waals surface area contributed by atoms with Crippen molar-refractivity contribution < 1.29 is 51.0 Å². The third-order valence-electron chi connectivity index (χ3n) is 1.55. The van der Waals surface area contributed by atoms with E-state index >= 15 is 0 Å². The summed E-state index contributed by atoms with van der Waals surface area (Å²) in [6.45, 7) is 4.76. The van der Waals surface area contributed by atoms with Crippen molar-refractivity contribution in [3.8, 4) is 0 Å². The fourth-order valence-electron chi connectivity index (χ4n) is 0.893. The Labute approximate surface area is 102 Å². The molecular formula is C7H12Cl2SiZr. The van der Waals surface area contributed by atoms with E-state index in [9.17, 15) is 0 Å². The van der Waals surface area contributed by atoms with Crippen LogP contribution in [0.5, 0.6) is 0 Å². The molecule has 0 atom stereocenters. The maximum atomic E-state index is 2.38. The van der Waals surface area contributed by atoms with Gasteiger partial charge in [-0.3, -0.25) is 0 Å². The molecule has 0 aromatic heterocycles. The van der Waals surface area contributed by atoms with Gasteiger partial charge in [0.05, 0.1) is 0 Å². The van der Waals surface area contributed by atoms with Crippen molar-refractivity contribution >= 4 is 8.80 Å². The third kappa shape index (κ3) is 6.33. The molecule has 0 spiro atoms. The molecule has 4 heteroatoms. The monoisotopic (exact) mass is 284 g/mol. The van der Waals surface area contributed by atoms with Crippen LogP contribution in [0.4, 0.5) is 0 Å². The van der Waals surface area contributed by atoms with Crippen LogP contribution in [0.25, 0.3) is 0 Å². The van der Waals surface area contributed by atoms with Gasteiger partial charge in [0.2, 0.25) is 0 Å². The van der Waals surface area contributed by atoms with Gasteiger partial charge in [0, 0.05) is 8.80 Å². The smallest absolute Gasteiger partial charge is 1.00 e. The molecule has 0 N–H and O–H groups in total. The van der Waals surface area contributed by atoms with Crippen molar-refractivity contribution in [1.82, 2.24) is 0 Å². The van der Waals surface area contributed by atoms with Gasteiger partial charge < -0.3 is 24.8 Å². The number of allylic oxidation sites excluding steroid dienone is 4. The third-order valence-corrected chi connectivity index (χ3v) is 3.53. The minimum Gasteiger partial charge on any atom is -1.00 e. The van der Waals surface area contributed by atoms with Gasteiger partial charge in [-0.25, -0.2) is 0 Å². The van der Waals surface area contributed by atoms with Gasteiger partial charge in [0.1, 0.15) is 0 Å². The predicted octanol–water partition coefficient (Wildman–Crippen LogP) is -4.03. The van der Waals surface area contributed by atoms with E-state index in [4.69, 9.17) is 0 Å². The topological polar surface area (TPSA) is 0 Å². The molecule has 0 aromatic carbocycles. The first-order chi connectivity index (χ1) is 3.80. The fourth-order valence-corrected chi connectivity index (χ4v) is 2.04. The van der Waals surface area contributed by atoms with Crippen molar-refractivity contribution in [2.45, 2.75) is 18.6 Å². The maximum Gasteiger partial charge on any atom is 2.00 e. The molecule has 0 bridgehead atoms. The molecule has 0 saturated carbocycles. The normalized spacial score (nSPS) is 13.7. The molecule has 0 heterocycles. The van der Waals surface area contributed by atoms with Crippen LogP contribution in [0.2, 0.25) is 18.6 Å². The van der Waals surface area contributed by atoms with Gasteiger partial charge in [-0.2, -0.15) is 0 Å². The number of hydrogen-bond acceptors (Lipinski definition) is 0. The zero-order valence-corrected chi connectivity index (χ0v) is 11.8. The molecule has 0 saturated heterocycles. The first-order valence-corrected chi connectivity index (χ1v) is 6.13. The van der Waals surface area contributed by atoms with Gasteiger partial charge in [-0.15, -0.1) is 0 Å². The van der Waals surface area contributed by atoms with Crippen molar-refractivity contribution in [2.24, 2.45) is 0 Å². The standard InChI is InChI=1S/C7H12Si.2ClH.Zr/c1-8(2)7-5-3-4-6-7;;;/h3-8H,1-2H3;2*1H;/q;;;+2/p-2. The molecule has 0 nitrogen and oxygen atoms in total. The molecule has 0 radical (unpaired) electrons. The second-order valence-corrected chi connectivity index (χ2v) is 5.85. The average Bonchev–Trinajstić information content (AvgIpc) is 2.12. The number of hydrogen-bond donors (Lipinski definition) is 0. The average molecular weight is 286 g/mol. The Morgan fingerprint density at radius 1 is 1.00 bits per heavy atom. The minimum atomic E-state index is -0.397. The summed E-state index contributed by atoms with van der Waals surface area (Å²) >= 11 is 0. The molecule has 11 heavy (non-hydrogen) atoms. The van der Waals surface area contributed by atoms with Crippen LogP contribution >= 0.6 is 0 Å². The van der Waals surface area contributed by atoms with Crippen molar-refractivity contribution in [1.29, 1.82) is 0 Å². The van der Waals surface area contributed by atoms with Crippen LogP contribution in [0.3, 0.4) is 0 Å². The number of halogens is 2. The molecule has 62 valence electrons. The predicted molar refractivity (Wildman–Crippen MR) is 40.9 cm³/mol. The Morgan fingerprint density at radius 3 is 1.55 bits per heavy atom. The summed E-state index contributed by atoms with van der Waals surface area (Å²) < 4.78 is 0. The number of rotatable bonds is 1. The van der Waals surface area contributed by atoms with Crippen LogP contribution in [0, 0.1) is 0 Å². The van der Waals surface area contributed by atoms with E-state index in [2.05, 4.69) is 37.4 Å². The zero-order chi connectivity index (χ0) is 5.98. The van der Waals surface area contributed by atoms with Crippen LogP contribution < -0.4 is 24.8 Å². The molecule has 0 unspecified atom stereocenters. The quantitative estimate of drug-likeness (QED) is 0.431. The van der Waals surface area contributed by atoms with Gasteiger partial charge in [-0.05, 0) is 5.54 Å². The summed E-state index contributed by atoms with van der Waals surface area (Å²) in [5, 5.41) is 0.